The maximum atomic E-state index is 14.3. The quantitative estimate of drug-likeness (QED) is 0.285. The topological polar surface area (TPSA) is 182 Å². The van der Waals surface area contributed by atoms with Crippen molar-refractivity contribution in [1.29, 1.82) is 0 Å². The van der Waals surface area contributed by atoms with Gasteiger partial charge in [0.05, 0.1) is 30.0 Å². The van der Waals surface area contributed by atoms with Crippen LogP contribution in [0.1, 0.15) is 54.2 Å². The van der Waals surface area contributed by atoms with Crippen molar-refractivity contribution in [3.63, 3.8) is 0 Å². The van der Waals surface area contributed by atoms with E-state index in [1.54, 1.807) is 24.4 Å². The Hall–Kier alpha value is -5.36. The zero-order valence-corrected chi connectivity index (χ0v) is 27.2. The SMILES string of the molecule is CC[C@@H]1[C@H](F)C(=O)N[C@@H]1COc1ncc(C#CC2CCN(Cc3ccc(N4CCC(=O)NC4=O)nn3)CC2)c2cc(C(N)=O)c(OC)cc12. The minimum atomic E-state index is -1.59. The number of anilines is 1. The molecular formula is C34H37FN8O6. The minimum absolute atomic E-state index is 0.0176. The second-order valence-electron chi connectivity index (χ2n) is 12.3. The molecule has 3 atom stereocenters. The van der Waals surface area contributed by atoms with Gasteiger partial charge in [0, 0.05) is 48.3 Å². The summed E-state index contributed by atoms with van der Waals surface area (Å²) in [6.07, 6.45) is 2.33. The molecular weight excluding hydrogens is 635 g/mol. The highest BCUT2D eigenvalue weighted by Crippen LogP contribution is 2.34. The molecule has 1 aromatic carbocycles. The number of methoxy groups -OCH3 is 1. The van der Waals surface area contributed by atoms with Crippen molar-refractivity contribution in [3.05, 3.63) is 47.3 Å². The molecule has 0 saturated carbocycles. The van der Waals surface area contributed by atoms with Crippen LogP contribution in [0.25, 0.3) is 10.8 Å². The highest BCUT2D eigenvalue weighted by molar-refractivity contribution is 6.05. The van der Waals surface area contributed by atoms with E-state index < -0.39 is 36.0 Å². The summed E-state index contributed by atoms with van der Waals surface area (Å²) < 4.78 is 25.8. The van der Waals surface area contributed by atoms with Crippen LogP contribution in [0.2, 0.25) is 0 Å². The van der Waals surface area contributed by atoms with Crippen LogP contribution in [0.5, 0.6) is 11.6 Å². The number of primary amides is 1. The van der Waals surface area contributed by atoms with Crippen LogP contribution >= 0.6 is 0 Å². The van der Waals surface area contributed by atoms with Crippen LogP contribution in [0.3, 0.4) is 0 Å². The summed E-state index contributed by atoms with van der Waals surface area (Å²) >= 11 is 0. The number of likely N-dealkylation sites (tertiary alicyclic amines) is 1. The van der Waals surface area contributed by atoms with Crippen LogP contribution in [-0.2, 0) is 16.1 Å². The molecule has 5 amide bonds. The first-order valence-electron chi connectivity index (χ1n) is 16.2. The average Bonchev–Trinajstić information content (AvgIpc) is 3.38. The smallest absolute Gasteiger partial charge is 0.329 e. The number of amides is 5. The fourth-order valence-electron chi connectivity index (χ4n) is 6.42. The number of halogens is 1. The Morgan fingerprint density at radius 2 is 1.92 bits per heavy atom. The van der Waals surface area contributed by atoms with Crippen LogP contribution in [0.4, 0.5) is 15.0 Å². The predicted octanol–water partition coefficient (Wildman–Crippen LogP) is 2.08. The lowest BCUT2D eigenvalue weighted by Gasteiger charge is -2.29. The van der Waals surface area contributed by atoms with E-state index in [2.05, 4.69) is 42.6 Å². The lowest BCUT2D eigenvalue weighted by molar-refractivity contribution is -0.124. The summed E-state index contributed by atoms with van der Waals surface area (Å²) in [5.74, 6) is 5.51. The second kappa shape index (κ2) is 14.4. The van der Waals surface area contributed by atoms with E-state index in [-0.39, 0.29) is 48.6 Å². The summed E-state index contributed by atoms with van der Waals surface area (Å²) in [6.45, 7) is 4.30. The van der Waals surface area contributed by atoms with Crippen molar-refractivity contribution in [3.8, 4) is 23.5 Å². The van der Waals surface area contributed by atoms with E-state index in [4.69, 9.17) is 15.2 Å². The van der Waals surface area contributed by atoms with Crippen LogP contribution in [0, 0.1) is 23.7 Å². The molecule has 6 rings (SSSR count). The standard InChI is InChI=1S/C34H37FN8O6/c1-3-22-26(38-32(46)30(22)35)18-49-33-24-15-27(48-2)25(31(36)45)14-23(24)20(16-37-33)5-4-19-8-11-42(12-9-19)17-21-6-7-28(41-40-21)43-13-10-29(44)39-34(43)47/h6-7,14-16,19,22,26,30H,3,8-13,17-18H2,1-2H3,(H2,36,45)(H,38,46)(H,39,44,47)/t22-,26+,30-/m0/s1. The molecule has 3 aliphatic rings. The van der Waals surface area contributed by atoms with E-state index in [1.165, 1.54) is 12.0 Å². The summed E-state index contributed by atoms with van der Waals surface area (Å²) in [4.78, 5) is 55.9. The van der Waals surface area contributed by atoms with Gasteiger partial charge in [0.25, 0.3) is 11.8 Å². The van der Waals surface area contributed by atoms with Gasteiger partial charge >= 0.3 is 6.03 Å². The number of alkyl halides is 1. The minimum Gasteiger partial charge on any atom is -0.496 e. The Labute approximate surface area is 281 Å². The normalized spacial score (nSPS) is 21.6. The third kappa shape index (κ3) is 7.24. The monoisotopic (exact) mass is 672 g/mol. The number of nitrogens with one attached hydrogen (secondary N) is 2. The third-order valence-corrected chi connectivity index (χ3v) is 9.20. The largest absolute Gasteiger partial charge is 0.496 e. The van der Waals surface area contributed by atoms with Gasteiger partial charge in [0.2, 0.25) is 11.8 Å². The molecule has 256 valence electrons. The van der Waals surface area contributed by atoms with E-state index in [0.717, 1.165) is 31.6 Å². The van der Waals surface area contributed by atoms with Gasteiger partial charge in [-0.15, -0.1) is 5.10 Å². The number of hydrogen-bond donors (Lipinski definition) is 3. The second-order valence-corrected chi connectivity index (χ2v) is 12.3. The Kier molecular flexibility index (Phi) is 9.86. The van der Waals surface area contributed by atoms with Gasteiger partial charge in [-0.1, -0.05) is 18.8 Å². The molecule has 0 radical (unpaired) electrons. The Morgan fingerprint density at radius 3 is 2.59 bits per heavy atom. The highest BCUT2D eigenvalue weighted by Gasteiger charge is 2.42. The van der Waals surface area contributed by atoms with Gasteiger partial charge < -0.3 is 20.5 Å². The van der Waals surface area contributed by atoms with Gasteiger partial charge in [-0.25, -0.2) is 14.2 Å². The van der Waals surface area contributed by atoms with Gasteiger partial charge in [-0.2, -0.15) is 5.10 Å². The number of pyridine rings is 1. The van der Waals surface area contributed by atoms with E-state index >= 15 is 0 Å². The molecule has 3 saturated heterocycles. The summed E-state index contributed by atoms with van der Waals surface area (Å²) in [7, 11) is 1.43. The fraction of sp³-hybridized carbons (Fsp3) is 0.441. The van der Waals surface area contributed by atoms with Gasteiger partial charge in [0.15, 0.2) is 12.0 Å². The number of carbonyl (C=O) groups is 4. The maximum Gasteiger partial charge on any atom is 0.329 e. The molecule has 3 fully saturated rings. The highest BCUT2D eigenvalue weighted by atomic mass is 19.1. The zero-order valence-electron chi connectivity index (χ0n) is 27.2. The number of urea groups is 1. The van der Waals surface area contributed by atoms with Crippen molar-refractivity contribution in [2.45, 2.75) is 51.4 Å². The number of nitrogens with zero attached hydrogens (tertiary/aromatic N) is 5. The number of carbonyl (C=O) groups excluding carboxylic acids is 4. The molecule has 15 heteroatoms. The molecule has 0 unspecified atom stereocenters. The third-order valence-electron chi connectivity index (χ3n) is 9.20. The first kappa shape index (κ1) is 33.5. The Balaban J connectivity index is 1.13. The van der Waals surface area contributed by atoms with Crippen molar-refractivity contribution >= 4 is 40.3 Å². The predicted molar refractivity (Wildman–Crippen MR) is 175 cm³/mol. The lowest BCUT2D eigenvalue weighted by atomic mass is 9.96. The molecule has 4 N–H and O–H groups in total. The van der Waals surface area contributed by atoms with Crippen LogP contribution in [-0.4, -0.2) is 89.4 Å². The molecule has 14 nitrogen and oxygen atoms in total. The van der Waals surface area contributed by atoms with Crippen molar-refractivity contribution in [2.75, 3.05) is 38.3 Å². The fourth-order valence-corrected chi connectivity index (χ4v) is 6.42. The number of nitrogens with two attached hydrogens (primary N) is 1. The molecule has 0 spiro atoms. The van der Waals surface area contributed by atoms with E-state index in [0.29, 0.717) is 35.1 Å². The molecule has 3 aliphatic heterocycles. The number of rotatable bonds is 9. The number of hydrogen-bond acceptors (Lipinski definition) is 10. The summed E-state index contributed by atoms with van der Waals surface area (Å²) in [6, 6.07) is 5.80. The Bertz CT molecular complexity index is 1840. The van der Waals surface area contributed by atoms with Crippen LogP contribution in [0.15, 0.2) is 30.5 Å². The maximum absolute atomic E-state index is 14.3. The molecule has 5 heterocycles. The van der Waals surface area contributed by atoms with Gasteiger partial charge in [-0.3, -0.25) is 29.5 Å². The van der Waals surface area contributed by atoms with Crippen molar-refractivity contribution in [2.24, 2.45) is 17.6 Å². The zero-order chi connectivity index (χ0) is 34.7. The molecule has 49 heavy (non-hydrogen) atoms. The number of imide groups is 1. The first-order valence-corrected chi connectivity index (χ1v) is 16.2. The molecule has 3 aromatic rings. The Morgan fingerprint density at radius 1 is 1.12 bits per heavy atom. The number of ether oxygens (including phenoxy) is 2. The number of fused-ring (bicyclic) bond motifs is 1. The lowest BCUT2D eigenvalue weighted by Crippen LogP contribution is -2.50. The number of aromatic nitrogens is 3. The van der Waals surface area contributed by atoms with Crippen molar-refractivity contribution in [1.82, 2.24) is 30.7 Å². The molecule has 0 bridgehead atoms. The summed E-state index contributed by atoms with van der Waals surface area (Å²) in [5, 5.41) is 14.6. The first-order chi connectivity index (χ1) is 23.6. The molecule has 0 aliphatic carbocycles. The number of benzene rings is 1. The van der Waals surface area contributed by atoms with Crippen LogP contribution < -0.4 is 30.7 Å². The van der Waals surface area contributed by atoms with Gasteiger partial charge in [0.1, 0.15) is 12.4 Å². The summed E-state index contributed by atoms with van der Waals surface area (Å²) in [5.41, 5.74) is 7.20. The van der Waals surface area contributed by atoms with E-state index in [9.17, 15) is 23.6 Å². The molecule has 2 aromatic heterocycles. The number of piperidine rings is 1. The van der Waals surface area contributed by atoms with E-state index in [1.807, 2.05) is 13.0 Å². The average molecular weight is 673 g/mol. The van der Waals surface area contributed by atoms with Crippen molar-refractivity contribution < 1.29 is 33.0 Å². The van der Waals surface area contributed by atoms with Gasteiger partial charge in [-0.05, 0) is 56.6 Å².